The molecule has 4 rings (SSSR count). The molecule has 1 N–H and O–H groups in total. The molecule has 2 aliphatic rings. The highest BCUT2D eigenvalue weighted by molar-refractivity contribution is 7.89. The number of hydrogen-bond donors (Lipinski definition) is 1. The number of sulfonamides is 1. The van der Waals surface area contributed by atoms with E-state index >= 15 is 0 Å². The lowest BCUT2D eigenvalue weighted by molar-refractivity contribution is -0.117. The maximum absolute atomic E-state index is 12.9. The fourth-order valence-electron chi connectivity index (χ4n) is 4.35. The van der Waals surface area contributed by atoms with Crippen LogP contribution in [0.3, 0.4) is 0 Å². The first-order chi connectivity index (χ1) is 15.5. The first-order valence-corrected chi connectivity index (χ1v) is 12.7. The Morgan fingerprint density at radius 1 is 0.938 bits per heavy atom. The number of piperidine rings is 1. The molecular formula is C24H31N3O4S. The van der Waals surface area contributed by atoms with Crippen LogP contribution in [0.1, 0.15) is 43.2 Å². The zero-order chi connectivity index (χ0) is 22.6. The Kier molecular flexibility index (Phi) is 7.13. The second-order valence-electron chi connectivity index (χ2n) is 8.46. The van der Waals surface area contributed by atoms with Gasteiger partial charge in [-0.2, -0.15) is 0 Å². The number of amides is 1. The van der Waals surface area contributed by atoms with Gasteiger partial charge >= 0.3 is 0 Å². The Morgan fingerprint density at radius 2 is 1.66 bits per heavy atom. The summed E-state index contributed by atoms with van der Waals surface area (Å²) in [7, 11) is -2.22. The van der Waals surface area contributed by atoms with E-state index in [1.54, 1.807) is 11.0 Å². The molecule has 0 radical (unpaired) electrons. The molecule has 2 saturated heterocycles. The molecule has 2 aliphatic heterocycles. The van der Waals surface area contributed by atoms with E-state index in [0.717, 1.165) is 31.6 Å². The summed E-state index contributed by atoms with van der Waals surface area (Å²) in [5, 5.41) is 0. The first-order valence-electron chi connectivity index (χ1n) is 11.2. The lowest BCUT2D eigenvalue weighted by Gasteiger charge is -2.26. The summed E-state index contributed by atoms with van der Waals surface area (Å²) in [6.07, 6.45) is 5.06. The van der Waals surface area contributed by atoms with Gasteiger partial charge in [0.15, 0.2) is 0 Å². The highest BCUT2D eigenvalue weighted by Crippen LogP contribution is 2.33. The highest BCUT2D eigenvalue weighted by Gasteiger charge is 2.26. The molecule has 8 heteroatoms. The van der Waals surface area contributed by atoms with Gasteiger partial charge in [0.2, 0.25) is 15.9 Å². The molecule has 0 aromatic heterocycles. The second kappa shape index (κ2) is 10.0. The minimum atomic E-state index is -3.74. The Morgan fingerprint density at radius 3 is 2.31 bits per heavy atom. The van der Waals surface area contributed by atoms with Crippen molar-refractivity contribution in [3.63, 3.8) is 0 Å². The average Bonchev–Trinajstić information content (AvgIpc) is 3.24. The second-order valence-corrected chi connectivity index (χ2v) is 10.2. The maximum Gasteiger partial charge on any atom is 0.240 e. The molecule has 0 aliphatic carbocycles. The highest BCUT2D eigenvalue weighted by atomic mass is 32.2. The minimum absolute atomic E-state index is 0.0181. The van der Waals surface area contributed by atoms with Gasteiger partial charge in [-0.25, -0.2) is 13.1 Å². The fourth-order valence-corrected chi connectivity index (χ4v) is 5.39. The van der Waals surface area contributed by atoms with Crippen molar-refractivity contribution < 1.29 is 17.9 Å². The van der Waals surface area contributed by atoms with Gasteiger partial charge in [0.05, 0.1) is 17.7 Å². The molecule has 0 bridgehead atoms. The number of methoxy groups -OCH3 is 1. The average molecular weight is 458 g/mol. The van der Waals surface area contributed by atoms with Gasteiger partial charge in [-0.3, -0.25) is 9.69 Å². The van der Waals surface area contributed by atoms with Crippen molar-refractivity contribution in [1.29, 1.82) is 0 Å². The van der Waals surface area contributed by atoms with Crippen LogP contribution in [0.5, 0.6) is 5.75 Å². The third-order valence-electron chi connectivity index (χ3n) is 6.17. The van der Waals surface area contributed by atoms with E-state index < -0.39 is 10.0 Å². The number of nitrogens with one attached hydrogen (secondary N) is 1. The molecule has 0 atom stereocenters. The van der Waals surface area contributed by atoms with Crippen LogP contribution in [-0.2, 0) is 27.9 Å². The number of ether oxygens (including phenoxy) is 1. The minimum Gasteiger partial charge on any atom is -0.495 e. The Balaban J connectivity index is 1.42. The number of carbonyl (C=O) groups is 1. The quantitative estimate of drug-likeness (QED) is 0.658. The van der Waals surface area contributed by atoms with Gasteiger partial charge in [0.1, 0.15) is 5.75 Å². The van der Waals surface area contributed by atoms with Crippen molar-refractivity contribution in [2.75, 3.05) is 31.6 Å². The third kappa shape index (κ3) is 5.31. The summed E-state index contributed by atoms with van der Waals surface area (Å²) >= 11 is 0. The van der Waals surface area contributed by atoms with Crippen LogP contribution in [0.2, 0.25) is 0 Å². The molecule has 2 fully saturated rings. The van der Waals surface area contributed by atoms with E-state index in [-0.39, 0.29) is 17.3 Å². The van der Waals surface area contributed by atoms with Crippen LogP contribution in [0.15, 0.2) is 47.4 Å². The topological polar surface area (TPSA) is 79.0 Å². The van der Waals surface area contributed by atoms with Gasteiger partial charge in [0.25, 0.3) is 0 Å². The van der Waals surface area contributed by atoms with Crippen molar-refractivity contribution in [3.05, 3.63) is 53.6 Å². The summed E-state index contributed by atoms with van der Waals surface area (Å²) in [5.74, 6) is 0.471. The number of nitrogens with zero attached hydrogens (tertiary/aromatic N) is 2. The Hall–Kier alpha value is -2.42. The summed E-state index contributed by atoms with van der Waals surface area (Å²) in [4.78, 5) is 16.4. The molecule has 1 amide bonds. The molecule has 2 heterocycles. The van der Waals surface area contributed by atoms with Crippen molar-refractivity contribution in [2.24, 2.45) is 0 Å². The van der Waals surface area contributed by atoms with Crippen molar-refractivity contribution in [2.45, 2.75) is 50.1 Å². The van der Waals surface area contributed by atoms with E-state index in [0.29, 0.717) is 24.4 Å². The summed E-state index contributed by atoms with van der Waals surface area (Å²) in [6, 6.07) is 12.7. The third-order valence-corrected chi connectivity index (χ3v) is 7.57. The van der Waals surface area contributed by atoms with Gasteiger partial charge in [-0.15, -0.1) is 0 Å². The molecule has 0 saturated carbocycles. The normalized spacial score (nSPS) is 17.7. The van der Waals surface area contributed by atoms with E-state index in [9.17, 15) is 13.2 Å². The lowest BCUT2D eigenvalue weighted by Crippen LogP contribution is -2.29. The molecule has 0 unspecified atom stereocenters. The Labute approximate surface area is 190 Å². The van der Waals surface area contributed by atoms with Crippen LogP contribution >= 0.6 is 0 Å². The first kappa shape index (κ1) is 22.8. The lowest BCUT2D eigenvalue weighted by atomic mass is 10.1. The Bertz CT molecular complexity index is 1050. The number of rotatable bonds is 8. The van der Waals surface area contributed by atoms with Crippen LogP contribution in [0, 0.1) is 0 Å². The van der Waals surface area contributed by atoms with Crippen molar-refractivity contribution in [1.82, 2.24) is 9.62 Å². The molecular weight excluding hydrogens is 426 g/mol. The van der Waals surface area contributed by atoms with Gasteiger partial charge in [-0.1, -0.05) is 30.7 Å². The van der Waals surface area contributed by atoms with Crippen LogP contribution < -0.4 is 14.4 Å². The number of benzene rings is 2. The molecule has 2 aromatic rings. The van der Waals surface area contributed by atoms with Crippen LogP contribution in [-0.4, -0.2) is 46.0 Å². The predicted molar refractivity (Wildman–Crippen MR) is 124 cm³/mol. The summed E-state index contributed by atoms with van der Waals surface area (Å²) < 4.78 is 33.9. The maximum atomic E-state index is 12.9. The zero-order valence-electron chi connectivity index (χ0n) is 18.5. The summed E-state index contributed by atoms with van der Waals surface area (Å²) in [5.41, 5.74) is 2.65. The number of anilines is 1. The van der Waals surface area contributed by atoms with E-state index in [4.69, 9.17) is 4.74 Å². The predicted octanol–water partition coefficient (Wildman–Crippen LogP) is 3.29. The van der Waals surface area contributed by atoms with Crippen LogP contribution in [0.4, 0.5) is 5.69 Å². The van der Waals surface area contributed by atoms with Crippen molar-refractivity contribution >= 4 is 21.6 Å². The van der Waals surface area contributed by atoms with Gasteiger partial charge in [-0.05, 0) is 61.7 Å². The monoisotopic (exact) mass is 457 g/mol. The van der Waals surface area contributed by atoms with E-state index in [2.05, 4.69) is 21.8 Å². The number of hydrogen-bond acceptors (Lipinski definition) is 5. The van der Waals surface area contributed by atoms with Gasteiger partial charge < -0.3 is 9.64 Å². The van der Waals surface area contributed by atoms with Crippen molar-refractivity contribution in [3.8, 4) is 5.75 Å². The summed E-state index contributed by atoms with van der Waals surface area (Å²) in [6.45, 7) is 4.00. The molecule has 7 nitrogen and oxygen atoms in total. The molecule has 0 spiro atoms. The van der Waals surface area contributed by atoms with E-state index in [1.165, 1.54) is 44.1 Å². The zero-order valence-corrected chi connectivity index (χ0v) is 19.4. The molecule has 32 heavy (non-hydrogen) atoms. The number of carbonyl (C=O) groups excluding carboxylic acids is 1. The van der Waals surface area contributed by atoms with Gasteiger partial charge in [0, 0.05) is 26.1 Å². The van der Waals surface area contributed by atoms with E-state index in [1.807, 2.05) is 12.1 Å². The largest absolute Gasteiger partial charge is 0.495 e. The number of likely N-dealkylation sites (tertiary alicyclic amines) is 1. The fraction of sp³-hybridized carbons (Fsp3) is 0.458. The molecule has 2 aromatic carbocycles. The SMILES string of the molecule is COc1ccc(S(=O)(=O)NCc2ccc(CN3CCCCC3)cc2)cc1N1CCCC1=O. The standard InChI is InChI=1S/C24H31N3O4S/c1-31-23-12-11-21(16-22(23)27-15-5-6-24(27)28)32(29,30)25-17-19-7-9-20(10-8-19)18-26-13-3-2-4-14-26/h7-12,16,25H,2-6,13-15,17-18H2,1H3. The molecule has 172 valence electrons. The smallest absolute Gasteiger partial charge is 0.240 e. The van der Waals surface area contributed by atoms with Crippen LogP contribution in [0.25, 0.3) is 0 Å².